The first-order chi connectivity index (χ1) is 12.2. The van der Waals surface area contributed by atoms with Crippen molar-refractivity contribution in [2.75, 3.05) is 11.9 Å². The van der Waals surface area contributed by atoms with Gasteiger partial charge in [-0.3, -0.25) is 0 Å². The predicted molar refractivity (Wildman–Crippen MR) is 91.6 cm³/mol. The highest BCUT2D eigenvalue weighted by Gasteiger charge is 2.53. The second kappa shape index (κ2) is 5.37. The number of anilines is 1. The Labute approximate surface area is 145 Å². The van der Waals surface area contributed by atoms with Gasteiger partial charge in [0.1, 0.15) is 36.9 Å². The summed E-state index contributed by atoms with van der Waals surface area (Å²) in [7, 11) is 0. The van der Waals surface area contributed by atoms with Crippen LogP contribution in [0.2, 0.25) is 0 Å². The molecule has 0 aliphatic carbocycles. The summed E-state index contributed by atoms with van der Waals surface area (Å²) < 4.78 is 15.2. The molecule has 2 aliphatic heterocycles. The predicted octanol–water partition coefficient (Wildman–Crippen LogP) is 0.775. The van der Waals surface area contributed by atoms with Crippen molar-refractivity contribution in [3.8, 4) is 0 Å². The van der Waals surface area contributed by atoms with Crippen LogP contribution in [0.1, 0.15) is 26.5 Å². The SMILES string of the molecule is [3H]c1nc2c3c(cn([C@@H]4O[C@H](CO)[C@@H](O)[C@@]4(C)O)c3n1)C(=C)CC(=C)N2. The van der Waals surface area contributed by atoms with Crippen molar-refractivity contribution >= 4 is 22.4 Å². The Morgan fingerprint density at radius 2 is 2.28 bits per heavy atom. The lowest BCUT2D eigenvalue weighted by molar-refractivity contribution is -0.0948. The van der Waals surface area contributed by atoms with Crippen LogP contribution in [-0.4, -0.2) is 54.3 Å². The monoisotopic (exact) mass is 346 g/mol. The Morgan fingerprint density at radius 1 is 1.52 bits per heavy atom. The van der Waals surface area contributed by atoms with Gasteiger partial charge in [0.05, 0.1) is 12.0 Å². The summed E-state index contributed by atoms with van der Waals surface area (Å²) >= 11 is 0. The molecule has 4 N–H and O–H groups in total. The molecular formula is C17H20N4O4. The molecule has 132 valence electrons. The number of hydrogen-bond acceptors (Lipinski definition) is 7. The highest BCUT2D eigenvalue weighted by molar-refractivity contribution is 6.00. The van der Waals surface area contributed by atoms with Crippen LogP contribution in [0.25, 0.3) is 16.6 Å². The maximum absolute atomic E-state index is 10.8. The first kappa shape index (κ1) is 15.0. The third-order valence-electron chi connectivity index (χ3n) is 4.85. The van der Waals surface area contributed by atoms with Gasteiger partial charge < -0.3 is 29.9 Å². The first-order valence-corrected chi connectivity index (χ1v) is 7.93. The summed E-state index contributed by atoms with van der Waals surface area (Å²) in [5.74, 6) is 0.439. The quantitative estimate of drug-likeness (QED) is 0.635. The van der Waals surface area contributed by atoms with Gasteiger partial charge in [-0.1, -0.05) is 13.2 Å². The van der Waals surface area contributed by atoms with Gasteiger partial charge in [0.25, 0.3) is 0 Å². The number of rotatable bonds is 2. The molecule has 2 aromatic heterocycles. The van der Waals surface area contributed by atoms with E-state index in [0.29, 0.717) is 29.0 Å². The summed E-state index contributed by atoms with van der Waals surface area (Å²) in [5.41, 5.74) is 0.948. The lowest BCUT2D eigenvalue weighted by Gasteiger charge is -2.27. The van der Waals surface area contributed by atoms with Crippen LogP contribution in [0.3, 0.4) is 0 Å². The molecule has 0 spiro atoms. The fourth-order valence-corrected chi connectivity index (χ4v) is 3.53. The normalized spacial score (nSPS) is 32.6. The van der Waals surface area contributed by atoms with E-state index in [-0.39, 0.29) is 6.30 Å². The van der Waals surface area contributed by atoms with Gasteiger partial charge in [-0.2, -0.15) is 0 Å². The van der Waals surface area contributed by atoms with Crippen molar-refractivity contribution < 1.29 is 21.4 Å². The fraction of sp³-hybridized carbons (Fsp3) is 0.412. The highest BCUT2D eigenvalue weighted by Crippen LogP contribution is 2.43. The Hall–Kier alpha value is -2.26. The van der Waals surface area contributed by atoms with Gasteiger partial charge in [-0.15, -0.1) is 0 Å². The Balaban J connectivity index is 1.96. The third-order valence-corrected chi connectivity index (χ3v) is 4.85. The van der Waals surface area contributed by atoms with E-state index in [9.17, 15) is 15.3 Å². The second-order valence-corrected chi connectivity index (χ2v) is 6.71. The number of ether oxygens (including phenoxy) is 1. The topological polar surface area (TPSA) is 113 Å². The molecule has 0 aromatic carbocycles. The minimum absolute atomic E-state index is 0.205. The maximum atomic E-state index is 10.8. The minimum atomic E-state index is -1.66. The fourth-order valence-electron chi connectivity index (χ4n) is 3.53. The van der Waals surface area contributed by atoms with E-state index >= 15 is 0 Å². The average Bonchev–Trinajstić information content (AvgIpc) is 2.99. The molecule has 2 aromatic rings. The van der Waals surface area contributed by atoms with Gasteiger partial charge >= 0.3 is 0 Å². The van der Waals surface area contributed by atoms with Gasteiger partial charge in [-0.05, 0) is 12.5 Å². The number of aromatic nitrogens is 3. The van der Waals surface area contributed by atoms with Crippen molar-refractivity contribution in [3.05, 3.63) is 36.9 Å². The van der Waals surface area contributed by atoms with E-state index in [1.54, 1.807) is 10.8 Å². The Bertz CT molecular complexity index is 938. The van der Waals surface area contributed by atoms with E-state index in [1.807, 2.05) is 0 Å². The molecule has 1 saturated heterocycles. The molecule has 1 fully saturated rings. The van der Waals surface area contributed by atoms with Crippen LogP contribution < -0.4 is 5.32 Å². The zero-order chi connectivity index (χ0) is 18.8. The second-order valence-electron chi connectivity index (χ2n) is 6.71. The van der Waals surface area contributed by atoms with E-state index < -0.39 is 30.6 Å². The van der Waals surface area contributed by atoms with Gasteiger partial charge in [0.2, 0.25) is 0 Å². The number of aliphatic hydroxyl groups excluding tert-OH is 2. The van der Waals surface area contributed by atoms with E-state index in [0.717, 1.165) is 11.1 Å². The summed E-state index contributed by atoms with van der Waals surface area (Å²) in [6.07, 6.45) is -1.19. The molecular weight excluding hydrogens is 324 g/mol. The molecule has 0 unspecified atom stereocenters. The number of nitrogens with one attached hydrogen (secondary N) is 1. The zero-order valence-electron chi connectivity index (χ0n) is 14.7. The van der Waals surface area contributed by atoms with Gasteiger partial charge in [0, 0.05) is 23.9 Å². The number of allylic oxidation sites excluding steroid dienone is 1. The largest absolute Gasteiger partial charge is 0.394 e. The number of nitrogens with zero attached hydrogens (tertiary/aromatic N) is 3. The summed E-state index contributed by atoms with van der Waals surface area (Å²) in [6, 6.07) is 0. The minimum Gasteiger partial charge on any atom is -0.394 e. The molecule has 0 saturated carbocycles. The van der Waals surface area contributed by atoms with E-state index in [2.05, 4.69) is 28.4 Å². The molecule has 4 atom stereocenters. The van der Waals surface area contributed by atoms with Crippen LogP contribution in [0.5, 0.6) is 0 Å². The zero-order valence-corrected chi connectivity index (χ0v) is 13.7. The lowest BCUT2D eigenvalue weighted by Crippen LogP contribution is -2.44. The molecule has 4 rings (SSSR count). The van der Waals surface area contributed by atoms with Crippen molar-refractivity contribution in [1.29, 1.82) is 0 Å². The van der Waals surface area contributed by atoms with Crippen LogP contribution >= 0.6 is 0 Å². The molecule has 2 aliphatic rings. The number of hydrogen-bond donors (Lipinski definition) is 4. The first-order valence-electron chi connectivity index (χ1n) is 8.43. The maximum Gasteiger partial charge on any atom is 0.167 e. The molecule has 25 heavy (non-hydrogen) atoms. The summed E-state index contributed by atoms with van der Waals surface area (Å²) in [4.78, 5) is 8.33. The van der Waals surface area contributed by atoms with Crippen LogP contribution in [0.4, 0.5) is 5.82 Å². The third kappa shape index (κ3) is 2.22. The van der Waals surface area contributed by atoms with Crippen molar-refractivity contribution in [2.45, 2.75) is 37.4 Å². The standard InChI is InChI=1S/C17H20N4O4/c1-8-4-9(2)20-14-12-10(8)5-21(15(12)19-7-18-14)16-17(3,24)13(23)11(6-22)25-16/h5,7,11,13,16,22-24H,1-2,4,6H2,3H3,(H,18,19,20)/t11-,13-,16-,17-/m1/s1/i7T. The van der Waals surface area contributed by atoms with E-state index in [1.165, 1.54) is 6.92 Å². The highest BCUT2D eigenvalue weighted by atomic mass is 16.6. The smallest absolute Gasteiger partial charge is 0.167 e. The van der Waals surface area contributed by atoms with Crippen LogP contribution in [0.15, 0.2) is 31.4 Å². The Kier molecular flexibility index (Phi) is 3.23. The van der Waals surface area contributed by atoms with Crippen molar-refractivity contribution in [2.24, 2.45) is 0 Å². The van der Waals surface area contributed by atoms with Gasteiger partial charge in [0.15, 0.2) is 6.23 Å². The molecule has 0 amide bonds. The molecule has 4 heterocycles. The van der Waals surface area contributed by atoms with Crippen molar-refractivity contribution in [3.63, 3.8) is 0 Å². The average molecular weight is 346 g/mol. The summed E-state index contributed by atoms with van der Waals surface area (Å²) in [6.45, 7) is 9.02. The molecule has 0 bridgehead atoms. The van der Waals surface area contributed by atoms with Crippen LogP contribution in [0, 0.1) is 0 Å². The molecule has 0 radical (unpaired) electrons. The lowest BCUT2D eigenvalue weighted by atomic mass is 9.96. The molecule has 8 nitrogen and oxygen atoms in total. The Morgan fingerprint density at radius 3 is 2.96 bits per heavy atom. The van der Waals surface area contributed by atoms with Crippen LogP contribution in [-0.2, 0) is 4.74 Å². The summed E-state index contributed by atoms with van der Waals surface area (Å²) in [5, 5.41) is 34.2. The van der Waals surface area contributed by atoms with E-state index in [4.69, 9.17) is 6.11 Å². The van der Waals surface area contributed by atoms with Gasteiger partial charge in [-0.25, -0.2) is 9.97 Å². The molecule has 8 heteroatoms. The van der Waals surface area contributed by atoms with Crippen molar-refractivity contribution in [1.82, 2.24) is 14.5 Å². The number of aliphatic hydroxyl groups is 3.